The third kappa shape index (κ3) is 5.99. The Bertz CT molecular complexity index is 853. The number of H-pyrrole nitrogens is 1. The molecule has 23 heavy (non-hydrogen) atoms. The number of rotatable bonds is 3. The molecule has 0 aliphatic carbocycles. The summed E-state index contributed by atoms with van der Waals surface area (Å²) in [6.07, 6.45) is 2.64. The summed E-state index contributed by atoms with van der Waals surface area (Å²) in [4.78, 5) is 28.4. The van der Waals surface area contributed by atoms with Gasteiger partial charge in [-0.15, -0.1) is 0 Å². The molecule has 0 unspecified atom stereocenters. The number of methoxy groups -OCH3 is 2. The number of hydrogen-bond acceptors (Lipinski definition) is 10. The minimum Gasteiger partial charge on any atom is -0.465 e. The van der Waals surface area contributed by atoms with E-state index in [4.69, 9.17) is 22.9 Å². The van der Waals surface area contributed by atoms with Crippen LogP contribution in [0, 0.1) is 3.95 Å². The van der Waals surface area contributed by atoms with Gasteiger partial charge in [0.2, 0.25) is 4.34 Å². The zero-order valence-corrected chi connectivity index (χ0v) is 15.6. The molecule has 2 heterocycles. The Morgan fingerprint density at radius 1 is 1.22 bits per heavy atom. The molecule has 8 nitrogen and oxygen atoms in total. The number of nitrogens with one attached hydrogen (secondary N) is 1. The van der Waals surface area contributed by atoms with Gasteiger partial charge in [-0.1, -0.05) is 22.7 Å². The lowest BCUT2D eigenvalue weighted by molar-refractivity contribution is 0.0597. The van der Waals surface area contributed by atoms with Gasteiger partial charge in [0.25, 0.3) is 9.05 Å². The molecule has 0 spiro atoms. The number of halogens is 1. The average Bonchev–Trinajstić information content (AvgIpc) is 3.14. The Morgan fingerprint density at radius 3 is 2.17 bits per heavy atom. The fourth-order valence-electron chi connectivity index (χ4n) is 1.05. The van der Waals surface area contributed by atoms with E-state index in [1.807, 2.05) is 0 Å². The second-order valence-corrected chi connectivity index (χ2v) is 8.94. The number of esters is 2. The van der Waals surface area contributed by atoms with Gasteiger partial charge in [0, 0.05) is 16.9 Å². The summed E-state index contributed by atoms with van der Waals surface area (Å²) in [7, 11) is 3.67. The molecule has 0 bridgehead atoms. The van der Waals surface area contributed by atoms with Crippen LogP contribution in [0.25, 0.3) is 0 Å². The first-order valence-corrected chi connectivity index (χ1v) is 9.79. The second kappa shape index (κ2) is 8.49. The number of aromatic nitrogens is 2. The maximum atomic E-state index is 10.9. The van der Waals surface area contributed by atoms with Gasteiger partial charge >= 0.3 is 11.9 Å². The van der Waals surface area contributed by atoms with Crippen LogP contribution in [0.15, 0.2) is 16.7 Å². The molecule has 0 aliphatic heterocycles. The molecule has 0 fully saturated rings. The van der Waals surface area contributed by atoms with Gasteiger partial charge in [0.15, 0.2) is 3.95 Å². The number of hydrogen-bond donors (Lipinski definition) is 1. The van der Waals surface area contributed by atoms with Gasteiger partial charge in [-0.2, -0.15) is 0 Å². The molecule has 126 valence electrons. The summed E-state index contributed by atoms with van der Waals surface area (Å²) >= 11 is 6.63. The van der Waals surface area contributed by atoms with Crippen molar-refractivity contribution in [2.45, 2.75) is 4.34 Å². The molecule has 0 atom stereocenters. The molecule has 2 rings (SSSR count). The Labute approximate surface area is 148 Å². The summed E-state index contributed by atoms with van der Waals surface area (Å²) in [5.74, 6) is -0.985. The predicted molar refractivity (Wildman–Crippen MR) is 87.3 cm³/mol. The van der Waals surface area contributed by atoms with Crippen molar-refractivity contribution in [1.29, 1.82) is 0 Å². The van der Waals surface area contributed by atoms with Crippen molar-refractivity contribution >= 4 is 66.6 Å². The van der Waals surface area contributed by atoms with Gasteiger partial charge in [-0.05, 0) is 12.2 Å². The molecule has 2 aromatic heterocycles. The Hall–Kier alpha value is -1.34. The Balaban J connectivity index is 0.000000238. The van der Waals surface area contributed by atoms with Crippen LogP contribution < -0.4 is 0 Å². The third-order valence-corrected chi connectivity index (χ3v) is 6.08. The molecular formula is C10H9ClN2O6S4. The van der Waals surface area contributed by atoms with E-state index in [9.17, 15) is 18.0 Å². The quantitative estimate of drug-likeness (QED) is 0.460. The van der Waals surface area contributed by atoms with Crippen molar-refractivity contribution < 1.29 is 27.5 Å². The van der Waals surface area contributed by atoms with E-state index in [1.165, 1.54) is 25.6 Å². The molecule has 13 heteroatoms. The number of carbonyl (C=O) groups excluding carboxylic acids is 2. The number of thiazole rings is 2. The van der Waals surface area contributed by atoms with Crippen LogP contribution in [0.5, 0.6) is 0 Å². The topological polar surface area (TPSA) is 115 Å². The second-order valence-electron chi connectivity index (χ2n) is 3.45. The normalized spacial score (nSPS) is 10.4. The molecule has 0 saturated carbocycles. The first-order valence-electron chi connectivity index (χ1n) is 5.44. The monoisotopic (exact) mass is 416 g/mol. The van der Waals surface area contributed by atoms with E-state index >= 15 is 0 Å². The highest BCUT2D eigenvalue weighted by molar-refractivity contribution is 8.14. The van der Waals surface area contributed by atoms with Gasteiger partial charge in [0.05, 0.1) is 20.4 Å². The third-order valence-electron chi connectivity index (χ3n) is 1.99. The maximum absolute atomic E-state index is 10.9. The van der Waals surface area contributed by atoms with Crippen LogP contribution in [0.2, 0.25) is 0 Å². The van der Waals surface area contributed by atoms with Crippen LogP contribution in [-0.2, 0) is 18.5 Å². The van der Waals surface area contributed by atoms with E-state index in [-0.39, 0.29) is 15.2 Å². The Kier molecular flexibility index (Phi) is 7.28. The minimum atomic E-state index is -3.85. The van der Waals surface area contributed by atoms with Gasteiger partial charge in [-0.3, -0.25) is 0 Å². The van der Waals surface area contributed by atoms with Crippen molar-refractivity contribution in [3.05, 3.63) is 26.1 Å². The van der Waals surface area contributed by atoms with Gasteiger partial charge in [-0.25, -0.2) is 23.0 Å². The van der Waals surface area contributed by atoms with E-state index in [1.54, 1.807) is 6.20 Å². The highest BCUT2D eigenvalue weighted by Crippen LogP contribution is 2.21. The van der Waals surface area contributed by atoms with E-state index in [0.717, 1.165) is 6.20 Å². The lowest BCUT2D eigenvalue weighted by Gasteiger charge is -1.90. The maximum Gasteiger partial charge on any atom is 0.349 e. The van der Waals surface area contributed by atoms with Crippen molar-refractivity contribution in [1.82, 2.24) is 9.97 Å². The zero-order valence-electron chi connectivity index (χ0n) is 11.6. The van der Waals surface area contributed by atoms with E-state index < -0.39 is 15.0 Å². The number of aromatic amines is 1. The van der Waals surface area contributed by atoms with E-state index in [2.05, 4.69) is 19.4 Å². The van der Waals surface area contributed by atoms with Crippen LogP contribution in [0.4, 0.5) is 0 Å². The highest BCUT2D eigenvalue weighted by atomic mass is 35.7. The lowest BCUT2D eigenvalue weighted by atomic mass is 10.6. The molecule has 1 N–H and O–H groups in total. The SMILES string of the molecule is COC(=O)c1c[nH]c(=S)s1.COC(=O)c1cnc(S(=O)(=O)Cl)s1. The Morgan fingerprint density at radius 2 is 1.78 bits per heavy atom. The van der Waals surface area contributed by atoms with Crippen LogP contribution in [0.3, 0.4) is 0 Å². The largest absolute Gasteiger partial charge is 0.465 e. The van der Waals surface area contributed by atoms with E-state index in [0.29, 0.717) is 20.2 Å². The zero-order chi connectivity index (χ0) is 17.6. The fourth-order valence-corrected chi connectivity index (χ4v) is 3.80. The predicted octanol–water partition coefficient (Wildman–Crippen LogP) is 2.45. The van der Waals surface area contributed by atoms with Gasteiger partial charge in [0.1, 0.15) is 9.75 Å². The highest BCUT2D eigenvalue weighted by Gasteiger charge is 2.18. The molecular weight excluding hydrogens is 408 g/mol. The molecule has 0 radical (unpaired) electrons. The average molecular weight is 417 g/mol. The molecule has 0 aliphatic rings. The van der Waals surface area contributed by atoms with Crippen LogP contribution in [0.1, 0.15) is 19.3 Å². The first-order chi connectivity index (χ1) is 10.7. The lowest BCUT2D eigenvalue weighted by Crippen LogP contribution is -1.96. The van der Waals surface area contributed by atoms with Crippen molar-refractivity contribution in [3.63, 3.8) is 0 Å². The summed E-state index contributed by atoms with van der Waals surface area (Å²) in [5, 5.41) is 0. The van der Waals surface area contributed by atoms with Crippen molar-refractivity contribution in [3.8, 4) is 0 Å². The van der Waals surface area contributed by atoms with Crippen LogP contribution in [-0.4, -0.2) is 44.5 Å². The summed E-state index contributed by atoms with van der Waals surface area (Å²) in [5.41, 5.74) is 0. The smallest absolute Gasteiger partial charge is 0.349 e. The van der Waals surface area contributed by atoms with Crippen LogP contribution >= 0.6 is 45.6 Å². The summed E-state index contributed by atoms with van der Waals surface area (Å²) in [6, 6.07) is 0. The van der Waals surface area contributed by atoms with Crippen molar-refractivity contribution in [2.24, 2.45) is 0 Å². The fraction of sp³-hybridized carbons (Fsp3) is 0.200. The van der Waals surface area contributed by atoms with Crippen molar-refractivity contribution in [2.75, 3.05) is 14.2 Å². The molecule has 0 aromatic carbocycles. The number of carbonyl (C=O) groups is 2. The number of ether oxygens (including phenoxy) is 2. The molecule has 0 saturated heterocycles. The first kappa shape index (κ1) is 19.7. The standard InChI is InChI=1S/C5H4ClNO4S2.C5H5NO2S2/c1-11-4(8)3-2-7-5(12-3)13(6,9)10;1-8-4(7)3-2-6-5(9)10-3/h2H,1H3;2H,1H3,(H,6,9). The molecule has 0 amide bonds. The van der Waals surface area contributed by atoms with Gasteiger partial charge < -0.3 is 14.5 Å². The molecule has 2 aromatic rings. The summed E-state index contributed by atoms with van der Waals surface area (Å²) < 4.78 is 30.5. The summed E-state index contributed by atoms with van der Waals surface area (Å²) in [6.45, 7) is 0. The number of nitrogens with zero attached hydrogens (tertiary/aromatic N) is 1. The minimum absolute atomic E-state index is 0.0988.